The van der Waals surface area contributed by atoms with Gasteiger partial charge in [-0.1, -0.05) is 33.8 Å². The number of hydrogen-bond donors (Lipinski definition) is 0. The van der Waals surface area contributed by atoms with Crippen LogP contribution >= 0.6 is 0 Å². The summed E-state index contributed by atoms with van der Waals surface area (Å²) in [6.07, 6.45) is 2.37. The van der Waals surface area contributed by atoms with Gasteiger partial charge in [0.1, 0.15) is 5.82 Å². The number of rotatable bonds is 3. The summed E-state index contributed by atoms with van der Waals surface area (Å²) in [6, 6.07) is 12.4. The molecular weight excluding hydrogens is 360 g/mol. The highest BCUT2D eigenvalue weighted by Gasteiger charge is 2.37. The van der Waals surface area contributed by atoms with Gasteiger partial charge in [-0.2, -0.15) is 0 Å². The average molecular weight is 391 g/mol. The van der Waals surface area contributed by atoms with E-state index in [2.05, 4.69) is 50.5 Å². The summed E-state index contributed by atoms with van der Waals surface area (Å²) in [7, 11) is 0. The Kier molecular flexibility index (Phi) is 4.56. The van der Waals surface area contributed by atoms with E-state index in [1.165, 1.54) is 24.0 Å². The summed E-state index contributed by atoms with van der Waals surface area (Å²) in [6.45, 7) is 13.5. The van der Waals surface area contributed by atoms with Crippen LogP contribution in [0.15, 0.2) is 36.4 Å². The second kappa shape index (κ2) is 6.72. The Morgan fingerprint density at radius 2 is 1.72 bits per heavy atom. The predicted molar refractivity (Wildman–Crippen MR) is 117 cm³/mol. The molecule has 0 N–H and O–H groups in total. The molecule has 4 nitrogen and oxygen atoms in total. The number of carbonyl (C=O) groups is 1. The summed E-state index contributed by atoms with van der Waals surface area (Å²) >= 11 is 0. The van der Waals surface area contributed by atoms with E-state index in [0.29, 0.717) is 12.2 Å². The number of benzene rings is 2. The van der Waals surface area contributed by atoms with Crippen LogP contribution in [0.25, 0.3) is 16.7 Å². The van der Waals surface area contributed by atoms with Gasteiger partial charge in [0.15, 0.2) is 0 Å². The lowest BCUT2D eigenvalue weighted by Crippen LogP contribution is -2.33. The first kappa shape index (κ1) is 19.7. The summed E-state index contributed by atoms with van der Waals surface area (Å²) in [4.78, 5) is 17.0. The third-order valence-corrected chi connectivity index (χ3v) is 6.43. The smallest absolute Gasteiger partial charge is 0.338 e. The third-order valence-electron chi connectivity index (χ3n) is 6.43. The highest BCUT2D eigenvalue weighted by atomic mass is 16.5. The molecule has 0 amide bonds. The van der Waals surface area contributed by atoms with E-state index in [1.54, 1.807) is 6.07 Å². The standard InChI is InChI=1S/C25H30N2O2/c1-7-29-23(28)17-8-11-21-22(14-17)27(16(2)26-21)18-9-10-19-20(15-18)25(5,6)13-12-24(19,3)4/h8-11,14-15H,7,12-13H2,1-6H3. The van der Waals surface area contributed by atoms with E-state index in [9.17, 15) is 4.79 Å². The average Bonchev–Trinajstić information content (AvgIpc) is 3.00. The van der Waals surface area contributed by atoms with E-state index in [0.717, 1.165) is 22.5 Å². The van der Waals surface area contributed by atoms with Gasteiger partial charge < -0.3 is 4.74 Å². The van der Waals surface area contributed by atoms with Crippen molar-refractivity contribution in [2.75, 3.05) is 6.61 Å². The molecule has 0 bridgehead atoms. The monoisotopic (exact) mass is 390 g/mol. The third kappa shape index (κ3) is 3.25. The fourth-order valence-electron chi connectivity index (χ4n) is 4.58. The first-order valence-corrected chi connectivity index (χ1v) is 10.5. The molecule has 0 saturated heterocycles. The molecular formula is C25H30N2O2. The summed E-state index contributed by atoms with van der Waals surface area (Å²) in [5, 5.41) is 0. The Morgan fingerprint density at radius 1 is 1.03 bits per heavy atom. The molecule has 0 atom stereocenters. The van der Waals surface area contributed by atoms with Crippen molar-refractivity contribution < 1.29 is 9.53 Å². The zero-order chi connectivity index (χ0) is 21.0. The minimum atomic E-state index is -0.298. The number of aryl methyl sites for hydroxylation is 1. The molecule has 3 aromatic rings. The Balaban J connectivity index is 1.90. The van der Waals surface area contributed by atoms with E-state index in [1.807, 2.05) is 26.0 Å². The number of ether oxygens (including phenoxy) is 1. The molecule has 0 radical (unpaired) electrons. The van der Waals surface area contributed by atoms with E-state index in [4.69, 9.17) is 9.72 Å². The van der Waals surface area contributed by atoms with Gasteiger partial charge in [-0.3, -0.25) is 4.57 Å². The SMILES string of the molecule is CCOC(=O)c1ccc2nc(C)n(-c3ccc4c(c3)C(C)(C)CCC4(C)C)c2c1. The number of fused-ring (bicyclic) bond motifs is 2. The Labute approximate surface area is 172 Å². The van der Waals surface area contributed by atoms with Crippen LogP contribution in [0.4, 0.5) is 0 Å². The largest absolute Gasteiger partial charge is 0.462 e. The second-order valence-corrected chi connectivity index (χ2v) is 9.42. The van der Waals surface area contributed by atoms with Gasteiger partial charge in [0, 0.05) is 5.69 Å². The number of hydrogen-bond acceptors (Lipinski definition) is 3. The summed E-state index contributed by atoms with van der Waals surface area (Å²) < 4.78 is 7.33. The highest BCUT2D eigenvalue weighted by molar-refractivity contribution is 5.94. The van der Waals surface area contributed by atoms with Crippen LogP contribution in [0, 0.1) is 6.92 Å². The quantitative estimate of drug-likeness (QED) is 0.526. The zero-order valence-electron chi connectivity index (χ0n) is 18.3. The first-order valence-electron chi connectivity index (χ1n) is 10.5. The Bertz CT molecular complexity index is 1110. The fourth-order valence-corrected chi connectivity index (χ4v) is 4.58. The maximum Gasteiger partial charge on any atom is 0.338 e. The molecule has 0 aliphatic heterocycles. The minimum Gasteiger partial charge on any atom is -0.462 e. The Morgan fingerprint density at radius 3 is 2.41 bits per heavy atom. The van der Waals surface area contributed by atoms with Crippen LogP contribution in [0.3, 0.4) is 0 Å². The van der Waals surface area contributed by atoms with Gasteiger partial charge in [0.05, 0.1) is 23.2 Å². The number of imidazole rings is 1. The minimum absolute atomic E-state index is 0.140. The maximum absolute atomic E-state index is 12.2. The molecule has 2 aromatic carbocycles. The van der Waals surface area contributed by atoms with Gasteiger partial charge >= 0.3 is 5.97 Å². The van der Waals surface area contributed by atoms with Crippen molar-refractivity contribution in [3.05, 3.63) is 58.9 Å². The number of aromatic nitrogens is 2. The van der Waals surface area contributed by atoms with E-state index in [-0.39, 0.29) is 16.8 Å². The lowest BCUT2D eigenvalue weighted by molar-refractivity contribution is 0.0526. The van der Waals surface area contributed by atoms with Crippen LogP contribution in [-0.2, 0) is 15.6 Å². The maximum atomic E-state index is 12.2. The molecule has 0 unspecified atom stereocenters. The summed E-state index contributed by atoms with van der Waals surface area (Å²) in [5.41, 5.74) is 6.64. The summed E-state index contributed by atoms with van der Waals surface area (Å²) in [5.74, 6) is 0.613. The molecule has 1 aromatic heterocycles. The predicted octanol–water partition coefficient (Wildman–Crippen LogP) is 5.86. The number of nitrogens with zero attached hydrogens (tertiary/aromatic N) is 2. The topological polar surface area (TPSA) is 44.1 Å². The number of carbonyl (C=O) groups excluding carboxylic acids is 1. The number of esters is 1. The van der Waals surface area contributed by atoms with Crippen LogP contribution in [0.2, 0.25) is 0 Å². The molecule has 4 rings (SSSR count). The molecule has 29 heavy (non-hydrogen) atoms. The highest BCUT2D eigenvalue weighted by Crippen LogP contribution is 2.46. The van der Waals surface area contributed by atoms with Crippen molar-refractivity contribution in [2.24, 2.45) is 0 Å². The molecule has 1 aliphatic carbocycles. The van der Waals surface area contributed by atoms with Crippen molar-refractivity contribution in [2.45, 2.75) is 65.2 Å². The molecule has 152 valence electrons. The second-order valence-electron chi connectivity index (χ2n) is 9.42. The van der Waals surface area contributed by atoms with Gasteiger partial charge in [-0.25, -0.2) is 9.78 Å². The first-order chi connectivity index (χ1) is 13.6. The van der Waals surface area contributed by atoms with Gasteiger partial charge in [0.2, 0.25) is 0 Å². The van der Waals surface area contributed by atoms with Gasteiger partial charge in [0.25, 0.3) is 0 Å². The van der Waals surface area contributed by atoms with Crippen LogP contribution in [-0.4, -0.2) is 22.1 Å². The molecule has 0 fully saturated rings. The molecule has 0 spiro atoms. The van der Waals surface area contributed by atoms with Crippen molar-refractivity contribution in [3.8, 4) is 5.69 Å². The van der Waals surface area contributed by atoms with Crippen molar-refractivity contribution >= 4 is 17.0 Å². The van der Waals surface area contributed by atoms with Crippen LogP contribution in [0.5, 0.6) is 0 Å². The molecule has 1 aliphatic rings. The molecule has 4 heteroatoms. The van der Waals surface area contributed by atoms with Crippen molar-refractivity contribution in [3.63, 3.8) is 0 Å². The zero-order valence-corrected chi connectivity index (χ0v) is 18.3. The Hall–Kier alpha value is -2.62. The van der Waals surface area contributed by atoms with Crippen molar-refractivity contribution in [1.82, 2.24) is 9.55 Å². The molecule has 1 heterocycles. The van der Waals surface area contributed by atoms with Crippen LogP contribution in [0.1, 0.15) is 74.8 Å². The fraction of sp³-hybridized carbons (Fsp3) is 0.440. The van der Waals surface area contributed by atoms with Gasteiger partial charge in [-0.05, 0) is 79.0 Å². The van der Waals surface area contributed by atoms with Crippen LogP contribution < -0.4 is 0 Å². The van der Waals surface area contributed by atoms with E-state index >= 15 is 0 Å². The lowest BCUT2D eigenvalue weighted by Gasteiger charge is -2.42. The molecule has 0 saturated carbocycles. The van der Waals surface area contributed by atoms with Gasteiger partial charge in [-0.15, -0.1) is 0 Å². The van der Waals surface area contributed by atoms with E-state index < -0.39 is 0 Å². The normalized spacial score (nSPS) is 17.2. The van der Waals surface area contributed by atoms with Crippen molar-refractivity contribution in [1.29, 1.82) is 0 Å². The lowest BCUT2D eigenvalue weighted by atomic mass is 9.63.